The van der Waals surface area contributed by atoms with Gasteiger partial charge in [0, 0.05) is 44.8 Å². The fourth-order valence-corrected chi connectivity index (χ4v) is 4.16. The Bertz CT molecular complexity index is 857. The van der Waals surface area contributed by atoms with Gasteiger partial charge in [0.1, 0.15) is 0 Å². The quantitative estimate of drug-likeness (QED) is 0.675. The van der Waals surface area contributed by atoms with Crippen LogP contribution in [0.15, 0.2) is 54.6 Å². The Kier molecular flexibility index (Phi) is 11.9. The lowest BCUT2D eigenvalue weighted by molar-refractivity contribution is -0.209. The van der Waals surface area contributed by atoms with Gasteiger partial charge in [0.15, 0.2) is 0 Å². The van der Waals surface area contributed by atoms with E-state index in [0.29, 0.717) is 0 Å². The largest absolute Gasteiger partial charge is 0.480 e. The molecule has 35 heavy (non-hydrogen) atoms. The monoisotopic (exact) mass is 483 g/mol. The average Bonchev–Trinajstić information content (AvgIpc) is 3.25. The molecule has 0 amide bonds. The van der Waals surface area contributed by atoms with E-state index < -0.39 is 5.97 Å². The SMILES string of the molecule is CC(C)(C)N1CCC(ON2CCN(CC(=O)O)CC2)C1.Cc1cccc(C)c1.Cc1ccccc1. The molecule has 6 nitrogen and oxygen atoms in total. The number of carboxylic acid groups (broad SMARTS) is 1. The lowest BCUT2D eigenvalue weighted by atomic mass is 10.1. The van der Waals surface area contributed by atoms with Crippen molar-refractivity contribution in [2.45, 2.75) is 59.6 Å². The Hall–Kier alpha value is -2.25. The molecule has 2 fully saturated rings. The normalized spacial score (nSPS) is 19.3. The van der Waals surface area contributed by atoms with Crippen molar-refractivity contribution < 1.29 is 14.7 Å². The molecule has 4 rings (SSSR count). The molecule has 2 aliphatic rings. The molecule has 2 saturated heterocycles. The van der Waals surface area contributed by atoms with Gasteiger partial charge < -0.3 is 5.11 Å². The third-order valence-corrected chi connectivity index (χ3v) is 6.20. The molecule has 1 unspecified atom stereocenters. The number of hydrogen-bond donors (Lipinski definition) is 1. The second-order valence-electron chi connectivity index (χ2n) is 10.5. The Labute approximate surface area is 212 Å². The standard InChI is InChI=1S/C14H27N3O3.C8H10.C7H8/c1-14(2,3)16-5-4-12(10-16)20-17-8-6-15(7-9-17)11-13(18)19;1-7-4-3-5-8(2)6-7;1-7-5-3-2-4-6-7/h12H,4-11H2,1-3H3,(H,18,19);3-6H,1-2H3;2-6H,1H3. The van der Waals surface area contributed by atoms with E-state index in [0.717, 1.165) is 45.7 Å². The molecule has 1 atom stereocenters. The van der Waals surface area contributed by atoms with Gasteiger partial charge in [0.05, 0.1) is 12.6 Å². The van der Waals surface area contributed by atoms with E-state index in [1.165, 1.54) is 16.7 Å². The van der Waals surface area contributed by atoms with Crippen LogP contribution in [0.1, 0.15) is 43.9 Å². The van der Waals surface area contributed by atoms with Crippen LogP contribution in [0.4, 0.5) is 0 Å². The van der Waals surface area contributed by atoms with E-state index >= 15 is 0 Å². The van der Waals surface area contributed by atoms with Crippen molar-refractivity contribution in [2.24, 2.45) is 0 Å². The number of carbonyl (C=O) groups is 1. The third kappa shape index (κ3) is 11.8. The average molecular weight is 484 g/mol. The Morgan fingerprint density at radius 2 is 1.46 bits per heavy atom. The maximum atomic E-state index is 10.7. The van der Waals surface area contributed by atoms with Gasteiger partial charge in [-0.25, -0.2) is 0 Å². The Morgan fingerprint density at radius 3 is 1.86 bits per heavy atom. The molecule has 2 aromatic rings. The summed E-state index contributed by atoms with van der Waals surface area (Å²) < 4.78 is 0. The summed E-state index contributed by atoms with van der Waals surface area (Å²) in [6.45, 7) is 18.3. The van der Waals surface area contributed by atoms with E-state index in [2.05, 4.69) is 82.8 Å². The summed E-state index contributed by atoms with van der Waals surface area (Å²) in [7, 11) is 0. The molecular formula is C29H45N3O3. The van der Waals surface area contributed by atoms with E-state index in [1.54, 1.807) is 0 Å². The molecule has 0 bridgehead atoms. The van der Waals surface area contributed by atoms with Crippen LogP contribution in [0.2, 0.25) is 0 Å². The number of likely N-dealkylation sites (tertiary alicyclic amines) is 1. The minimum Gasteiger partial charge on any atom is -0.480 e. The topological polar surface area (TPSA) is 56.2 Å². The van der Waals surface area contributed by atoms with Crippen molar-refractivity contribution in [2.75, 3.05) is 45.8 Å². The molecule has 1 N–H and O–H groups in total. The maximum absolute atomic E-state index is 10.7. The zero-order valence-electron chi connectivity index (χ0n) is 22.5. The molecule has 0 saturated carbocycles. The molecule has 2 heterocycles. The van der Waals surface area contributed by atoms with Gasteiger partial charge in [-0.05, 0) is 48.0 Å². The second kappa shape index (κ2) is 14.3. The summed E-state index contributed by atoms with van der Waals surface area (Å²) in [6, 6.07) is 18.7. The summed E-state index contributed by atoms with van der Waals surface area (Å²) in [6.07, 6.45) is 1.35. The first kappa shape index (κ1) is 29.0. The molecule has 194 valence electrons. The minimum atomic E-state index is -0.754. The highest BCUT2D eigenvalue weighted by atomic mass is 16.7. The van der Waals surface area contributed by atoms with E-state index in [1.807, 2.05) is 28.2 Å². The Balaban J connectivity index is 0.000000234. The highest BCUT2D eigenvalue weighted by molar-refractivity contribution is 5.69. The van der Waals surface area contributed by atoms with E-state index in [-0.39, 0.29) is 18.2 Å². The highest BCUT2D eigenvalue weighted by Crippen LogP contribution is 2.23. The maximum Gasteiger partial charge on any atom is 0.317 e. The van der Waals surface area contributed by atoms with Crippen LogP contribution in [-0.4, -0.2) is 83.4 Å². The number of carboxylic acids is 1. The molecular weight excluding hydrogens is 438 g/mol. The summed E-state index contributed by atoms with van der Waals surface area (Å²) in [5, 5.41) is 10.8. The van der Waals surface area contributed by atoms with Crippen molar-refractivity contribution in [3.8, 4) is 0 Å². The summed E-state index contributed by atoms with van der Waals surface area (Å²) in [5.74, 6) is -0.754. The van der Waals surface area contributed by atoms with E-state index in [9.17, 15) is 4.79 Å². The number of hydroxylamine groups is 2. The van der Waals surface area contributed by atoms with Gasteiger partial charge in [-0.15, -0.1) is 0 Å². The predicted molar refractivity (Wildman–Crippen MR) is 144 cm³/mol. The summed E-state index contributed by atoms with van der Waals surface area (Å²) in [4.78, 5) is 21.1. The van der Waals surface area contributed by atoms with Crippen LogP contribution in [0.3, 0.4) is 0 Å². The minimum absolute atomic E-state index is 0.134. The van der Waals surface area contributed by atoms with Crippen LogP contribution in [0, 0.1) is 20.8 Å². The number of nitrogens with zero attached hydrogens (tertiary/aromatic N) is 3. The zero-order valence-corrected chi connectivity index (χ0v) is 22.5. The number of piperazine rings is 1. The van der Waals surface area contributed by atoms with Crippen molar-refractivity contribution in [3.63, 3.8) is 0 Å². The lowest BCUT2D eigenvalue weighted by Crippen LogP contribution is -2.49. The molecule has 2 aromatic carbocycles. The first-order valence-corrected chi connectivity index (χ1v) is 12.7. The van der Waals surface area contributed by atoms with Crippen molar-refractivity contribution >= 4 is 5.97 Å². The number of hydrogen-bond acceptors (Lipinski definition) is 5. The highest BCUT2D eigenvalue weighted by Gasteiger charge is 2.32. The fourth-order valence-electron chi connectivity index (χ4n) is 4.16. The number of aliphatic carboxylic acids is 1. The molecule has 2 aliphatic heterocycles. The summed E-state index contributed by atoms with van der Waals surface area (Å²) in [5.41, 5.74) is 4.20. The first-order valence-electron chi connectivity index (χ1n) is 12.7. The Morgan fingerprint density at radius 1 is 0.886 bits per heavy atom. The summed E-state index contributed by atoms with van der Waals surface area (Å²) >= 11 is 0. The van der Waals surface area contributed by atoms with Gasteiger partial charge in [-0.3, -0.25) is 19.4 Å². The first-order chi connectivity index (χ1) is 16.5. The van der Waals surface area contributed by atoms with Crippen LogP contribution in [-0.2, 0) is 9.63 Å². The molecule has 0 aromatic heterocycles. The van der Waals surface area contributed by atoms with E-state index in [4.69, 9.17) is 9.94 Å². The van der Waals surface area contributed by atoms with Gasteiger partial charge in [0.2, 0.25) is 0 Å². The predicted octanol–water partition coefficient (Wildman–Crippen LogP) is 4.79. The second-order valence-corrected chi connectivity index (χ2v) is 10.5. The van der Waals surface area contributed by atoms with Crippen LogP contribution in [0.25, 0.3) is 0 Å². The number of aryl methyl sites for hydroxylation is 3. The molecule has 0 aliphatic carbocycles. The fraction of sp³-hybridized carbons (Fsp3) is 0.552. The van der Waals surface area contributed by atoms with Gasteiger partial charge in [0.25, 0.3) is 0 Å². The van der Waals surface area contributed by atoms with Gasteiger partial charge in [-0.2, -0.15) is 5.06 Å². The zero-order chi connectivity index (χ0) is 25.8. The molecule has 0 spiro atoms. The van der Waals surface area contributed by atoms with Crippen molar-refractivity contribution in [3.05, 3.63) is 71.3 Å². The van der Waals surface area contributed by atoms with Crippen LogP contribution < -0.4 is 0 Å². The van der Waals surface area contributed by atoms with Crippen molar-refractivity contribution in [1.29, 1.82) is 0 Å². The van der Waals surface area contributed by atoms with Gasteiger partial charge >= 0.3 is 5.97 Å². The molecule has 6 heteroatoms. The van der Waals surface area contributed by atoms with Crippen LogP contribution in [0.5, 0.6) is 0 Å². The lowest BCUT2D eigenvalue weighted by Gasteiger charge is -2.35. The number of benzene rings is 2. The third-order valence-electron chi connectivity index (χ3n) is 6.20. The van der Waals surface area contributed by atoms with Crippen LogP contribution >= 0.6 is 0 Å². The number of rotatable bonds is 4. The molecule has 0 radical (unpaired) electrons. The van der Waals surface area contributed by atoms with Crippen molar-refractivity contribution in [1.82, 2.24) is 14.9 Å². The van der Waals surface area contributed by atoms with Gasteiger partial charge in [-0.1, -0.05) is 71.3 Å². The smallest absolute Gasteiger partial charge is 0.317 e.